The molecule has 98 valence electrons. The molecule has 0 saturated heterocycles. The fourth-order valence-electron chi connectivity index (χ4n) is 2.22. The lowest BCUT2D eigenvalue weighted by molar-refractivity contribution is -0.119. The Labute approximate surface area is 104 Å². The molecule has 3 heteroatoms. The number of allylic oxidation sites excluding steroid dienone is 2. The molecule has 0 fully saturated rings. The Bertz CT molecular complexity index is 271. The van der Waals surface area contributed by atoms with Crippen LogP contribution in [0.15, 0.2) is 11.8 Å². The summed E-state index contributed by atoms with van der Waals surface area (Å²) in [5.74, 6) is 1.89. The topological polar surface area (TPSA) is 52.3 Å². The van der Waals surface area contributed by atoms with Crippen LogP contribution in [0.2, 0.25) is 0 Å². The second-order valence-electron chi connectivity index (χ2n) is 5.10. The first-order valence-corrected chi connectivity index (χ1v) is 6.71. The van der Waals surface area contributed by atoms with Crippen molar-refractivity contribution in [1.82, 2.24) is 0 Å². The molecule has 0 bridgehead atoms. The van der Waals surface area contributed by atoms with Crippen LogP contribution in [0.1, 0.15) is 46.0 Å². The third-order valence-electron chi connectivity index (χ3n) is 3.43. The number of Topliss-reactive ketones (excluding diaryl/α,β-unsaturated/α-hetero) is 1. The van der Waals surface area contributed by atoms with E-state index in [9.17, 15) is 4.79 Å². The van der Waals surface area contributed by atoms with Gasteiger partial charge in [-0.05, 0) is 50.1 Å². The Morgan fingerprint density at radius 2 is 2.24 bits per heavy atom. The van der Waals surface area contributed by atoms with Crippen molar-refractivity contribution >= 4 is 5.78 Å². The highest BCUT2D eigenvalue weighted by atomic mass is 16.5. The number of carbonyl (C=O) groups excluding carboxylic acids is 1. The monoisotopic (exact) mass is 239 g/mol. The van der Waals surface area contributed by atoms with Gasteiger partial charge in [0.1, 0.15) is 0 Å². The van der Waals surface area contributed by atoms with E-state index in [2.05, 4.69) is 13.8 Å². The Kier molecular flexibility index (Phi) is 6.27. The molecular weight excluding hydrogens is 214 g/mol. The fourth-order valence-corrected chi connectivity index (χ4v) is 2.22. The van der Waals surface area contributed by atoms with Crippen LogP contribution in [0.25, 0.3) is 0 Å². The summed E-state index contributed by atoms with van der Waals surface area (Å²) in [6, 6.07) is 0. The molecule has 0 aliphatic carbocycles. The summed E-state index contributed by atoms with van der Waals surface area (Å²) < 4.78 is 5.38. The summed E-state index contributed by atoms with van der Waals surface area (Å²) in [6.07, 6.45) is 6.45. The average molecular weight is 239 g/mol. The second-order valence-corrected chi connectivity index (χ2v) is 5.10. The molecule has 0 aromatic heterocycles. The lowest BCUT2D eigenvalue weighted by Crippen LogP contribution is -2.17. The molecule has 2 N–H and O–H groups in total. The van der Waals surface area contributed by atoms with Gasteiger partial charge in [0.15, 0.2) is 11.5 Å². The maximum Gasteiger partial charge on any atom is 0.197 e. The highest BCUT2D eigenvalue weighted by molar-refractivity contribution is 5.93. The van der Waals surface area contributed by atoms with E-state index in [0.29, 0.717) is 37.2 Å². The highest BCUT2D eigenvalue weighted by Gasteiger charge is 2.18. The number of ether oxygens (including phenoxy) is 1. The summed E-state index contributed by atoms with van der Waals surface area (Å²) in [7, 11) is 0. The van der Waals surface area contributed by atoms with Crippen LogP contribution in [0, 0.1) is 11.8 Å². The normalized spacial score (nSPS) is 17.5. The summed E-state index contributed by atoms with van der Waals surface area (Å²) in [4.78, 5) is 11.9. The Balaban J connectivity index is 2.37. The Morgan fingerprint density at radius 3 is 2.76 bits per heavy atom. The van der Waals surface area contributed by atoms with Gasteiger partial charge in [-0.3, -0.25) is 4.79 Å². The zero-order chi connectivity index (χ0) is 12.7. The SMILES string of the molecule is CC(C)C(CCN)CCC(=O)C1=CCCCO1. The van der Waals surface area contributed by atoms with Crippen LogP contribution >= 0.6 is 0 Å². The number of ketones is 1. The van der Waals surface area contributed by atoms with Gasteiger partial charge >= 0.3 is 0 Å². The van der Waals surface area contributed by atoms with E-state index in [1.807, 2.05) is 6.08 Å². The van der Waals surface area contributed by atoms with Crippen LogP contribution in [0.5, 0.6) is 0 Å². The van der Waals surface area contributed by atoms with E-state index >= 15 is 0 Å². The van der Waals surface area contributed by atoms with E-state index in [-0.39, 0.29) is 5.78 Å². The number of hydrogen-bond donors (Lipinski definition) is 1. The number of carbonyl (C=O) groups is 1. The summed E-state index contributed by atoms with van der Waals surface area (Å²) in [5, 5.41) is 0. The predicted molar refractivity (Wildman–Crippen MR) is 69.5 cm³/mol. The molecule has 1 heterocycles. The first-order chi connectivity index (χ1) is 8.15. The van der Waals surface area contributed by atoms with Crippen molar-refractivity contribution < 1.29 is 9.53 Å². The molecule has 1 atom stereocenters. The van der Waals surface area contributed by atoms with Crippen LogP contribution in [0.4, 0.5) is 0 Å². The van der Waals surface area contributed by atoms with Crippen molar-refractivity contribution in [3.05, 3.63) is 11.8 Å². The Morgan fingerprint density at radius 1 is 1.47 bits per heavy atom. The van der Waals surface area contributed by atoms with Gasteiger partial charge in [-0.15, -0.1) is 0 Å². The smallest absolute Gasteiger partial charge is 0.197 e. The minimum atomic E-state index is 0.160. The third kappa shape index (κ3) is 4.90. The molecule has 1 aliphatic heterocycles. The maximum absolute atomic E-state index is 11.9. The standard InChI is InChI=1S/C14H25NO2/c1-11(2)12(8-9-15)6-7-13(16)14-5-3-4-10-17-14/h5,11-12H,3-4,6-10,15H2,1-2H3. The van der Waals surface area contributed by atoms with E-state index in [1.165, 1.54) is 0 Å². The van der Waals surface area contributed by atoms with Gasteiger partial charge in [0.25, 0.3) is 0 Å². The van der Waals surface area contributed by atoms with Gasteiger partial charge in [-0.2, -0.15) is 0 Å². The molecule has 1 rings (SSSR count). The van der Waals surface area contributed by atoms with E-state index in [0.717, 1.165) is 25.7 Å². The van der Waals surface area contributed by atoms with Crippen molar-refractivity contribution in [2.75, 3.05) is 13.2 Å². The second kappa shape index (κ2) is 7.49. The average Bonchev–Trinajstić information content (AvgIpc) is 2.34. The maximum atomic E-state index is 11.9. The molecule has 0 aromatic rings. The van der Waals surface area contributed by atoms with Gasteiger partial charge in [-0.25, -0.2) is 0 Å². The first-order valence-electron chi connectivity index (χ1n) is 6.71. The van der Waals surface area contributed by atoms with Crippen molar-refractivity contribution in [2.45, 2.75) is 46.0 Å². The molecule has 0 amide bonds. The van der Waals surface area contributed by atoms with Gasteiger partial charge < -0.3 is 10.5 Å². The molecule has 1 aliphatic rings. The molecule has 3 nitrogen and oxygen atoms in total. The first kappa shape index (κ1) is 14.2. The zero-order valence-electron chi connectivity index (χ0n) is 11.1. The summed E-state index contributed by atoms with van der Waals surface area (Å²) >= 11 is 0. The minimum Gasteiger partial charge on any atom is -0.490 e. The van der Waals surface area contributed by atoms with Crippen LogP contribution in [-0.4, -0.2) is 18.9 Å². The van der Waals surface area contributed by atoms with Crippen molar-refractivity contribution in [3.8, 4) is 0 Å². The van der Waals surface area contributed by atoms with Gasteiger partial charge in [0.05, 0.1) is 6.61 Å². The minimum absolute atomic E-state index is 0.160. The van der Waals surface area contributed by atoms with E-state index < -0.39 is 0 Å². The summed E-state index contributed by atoms with van der Waals surface area (Å²) in [5.41, 5.74) is 5.60. The predicted octanol–water partition coefficient (Wildman–Crippen LogP) is 2.65. The Hall–Kier alpha value is -0.830. The van der Waals surface area contributed by atoms with Crippen molar-refractivity contribution in [1.29, 1.82) is 0 Å². The molecule has 0 aromatic carbocycles. The lowest BCUT2D eigenvalue weighted by atomic mass is 9.87. The summed E-state index contributed by atoms with van der Waals surface area (Å²) in [6.45, 7) is 5.78. The van der Waals surface area contributed by atoms with Crippen molar-refractivity contribution in [2.24, 2.45) is 17.6 Å². The molecule has 17 heavy (non-hydrogen) atoms. The third-order valence-corrected chi connectivity index (χ3v) is 3.43. The van der Waals surface area contributed by atoms with Gasteiger partial charge in [0, 0.05) is 6.42 Å². The lowest BCUT2D eigenvalue weighted by Gasteiger charge is -2.20. The van der Waals surface area contributed by atoms with E-state index in [4.69, 9.17) is 10.5 Å². The zero-order valence-corrected chi connectivity index (χ0v) is 11.1. The highest BCUT2D eigenvalue weighted by Crippen LogP contribution is 2.22. The van der Waals surface area contributed by atoms with Crippen LogP contribution < -0.4 is 5.73 Å². The molecule has 0 saturated carbocycles. The fraction of sp³-hybridized carbons (Fsp3) is 0.786. The van der Waals surface area contributed by atoms with Crippen LogP contribution in [0.3, 0.4) is 0 Å². The van der Waals surface area contributed by atoms with Crippen LogP contribution in [-0.2, 0) is 9.53 Å². The van der Waals surface area contributed by atoms with Crippen molar-refractivity contribution in [3.63, 3.8) is 0 Å². The number of nitrogens with two attached hydrogens (primary N) is 1. The molecule has 0 radical (unpaired) electrons. The van der Waals surface area contributed by atoms with E-state index in [1.54, 1.807) is 0 Å². The number of rotatable bonds is 7. The van der Waals surface area contributed by atoms with Gasteiger partial charge in [0.2, 0.25) is 0 Å². The largest absolute Gasteiger partial charge is 0.490 e. The molecule has 1 unspecified atom stereocenters. The molecular formula is C14H25NO2. The van der Waals surface area contributed by atoms with Gasteiger partial charge in [-0.1, -0.05) is 13.8 Å². The number of hydrogen-bond acceptors (Lipinski definition) is 3. The molecule has 0 spiro atoms. The quantitative estimate of drug-likeness (QED) is 0.743.